The maximum absolute atomic E-state index is 15.0. The summed E-state index contributed by atoms with van der Waals surface area (Å²) in [6.45, 7) is 18.4. The predicted molar refractivity (Wildman–Crippen MR) is 238 cm³/mol. The number of piperazine rings is 1. The number of oxazole rings is 1. The third kappa shape index (κ3) is 9.93. The number of halogens is 1. The van der Waals surface area contributed by atoms with Gasteiger partial charge in [-0.3, -0.25) is 24.1 Å². The first-order chi connectivity index (χ1) is 30.0. The van der Waals surface area contributed by atoms with E-state index in [0.717, 1.165) is 45.6 Å². The number of anilines is 1. The largest absolute Gasteiger partial charge is 0.491 e. The number of nitrogens with zero attached hydrogens (tertiary/aromatic N) is 3. The second-order valence-corrected chi connectivity index (χ2v) is 20.4. The highest BCUT2D eigenvalue weighted by Gasteiger charge is 2.61. The molecular weight excluding hydrogens is 826 g/mol. The zero-order chi connectivity index (χ0) is 44.8. The first-order valence-electron chi connectivity index (χ1n) is 22.7. The van der Waals surface area contributed by atoms with Gasteiger partial charge in [-0.15, -0.1) is 6.58 Å². The minimum Gasteiger partial charge on any atom is -0.491 e. The summed E-state index contributed by atoms with van der Waals surface area (Å²) in [5.41, 5.74) is -0.602. The molecule has 1 aromatic carbocycles. The number of aromatic nitrogens is 2. The fourth-order valence-electron chi connectivity index (χ4n) is 10.3. The van der Waals surface area contributed by atoms with Gasteiger partial charge in [0.15, 0.2) is 0 Å². The van der Waals surface area contributed by atoms with Crippen LogP contribution >= 0.6 is 11.6 Å². The lowest BCUT2D eigenvalue weighted by molar-refractivity contribution is -0.154. The highest BCUT2D eigenvalue weighted by Crippen LogP contribution is 2.58. The van der Waals surface area contributed by atoms with Crippen molar-refractivity contribution in [2.24, 2.45) is 46.3 Å². The summed E-state index contributed by atoms with van der Waals surface area (Å²) in [5, 5.41) is 17.7. The van der Waals surface area contributed by atoms with Gasteiger partial charge in [0.2, 0.25) is 0 Å². The average molecular weight is 889 g/mol. The van der Waals surface area contributed by atoms with E-state index in [1.807, 2.05) is 40.7 Å². The average Bonchev–Trinajstić information content (AvgIpc) is 3.91. The summed E-state index contributed by atoms with van der Waals surface area (Å²) < 4.78 is 24.7. The molecule has 0 bridgehead atoms. The summed E-state index contributed by atoms with van der Waals surface area (Å²) in [6, 6.07) is 5.79. The molecule has 14 nitrogen and oxygen atoms in total. The normalized spacial score (nSPS) is 28.3. The molecule has 8 rings (SSSR count). The van der Waals surface area contributed by atoms with E-state index in [1.54, 1.807) is 18.2 Å². The number of carboxylic acids is 1. The fraction of sp³-hybridized carbons (Fsp3) is 0.625. The molecular formula is C48H62ClN5O9. The number of Topliss-reactive ketones (excluding diaryl/α,β-unsaturated/α-hetero) is 2. The Kier molecular flexibility index (Phi) is 13.0. The van der Waals surface area contributed by atoms with Gasteiger partial charge in [0.1, 0.15) is 58.9 Å². The maximum atomic E-state index is 15.0. The van der Waals surface area contributed by atoms with Crippen molar-refractivity contribution in [3.05, 3.63) is 42.1 Å². The van der Waals surface area contributed by atoms with Crippen molar-refractivity contribution in [3.63, 3.8) is 0 Å². The molecule has 340 valence electrons. The lowest BCUT2D eigenvalue weighted by atomic mass is 9.70. The molecule has 4 saturated carbocycles. The lowest BCUT2D eigenvalue weighted by Crippen LogP contribution is -2.44. The van der Waals surface area contributed by atoms with Crippen LogP contribution in [0.4, 0.5) is 6.01 Å². The molecule has 3 heterocycles. The van der Waals surface area contributed by atoms with Crippen LogP contribution in [0.3, 0.4) is 0 Å². The molecule has 1 saturated heterocycles. The standard InChI is InChI=1S/C48H62ClN5O9/c1-7-29-23-48(29,45(58)59)24-38(55)33-19-31(20-34(33)44(57)35(47(4,5)6)21-41(56)63-30-17-27-16-28(27)18-30)62-40-22-36(37-25-61-46(53-37)51-26(2)3)52-43-32(40)8-9-39(42(43)49)60-15-14-54-12-10-50-11-13-54/h7-9,22,25-31,33-35,50H,1,10-21,23-24H2,2-6H3,(H,51,53)(H,58,59)/t27-,28+,29-,30?,31-,33-,34?,35-,48-/m1/s1. The number of ketones is 2. The van der Waals surface area contributed by atoms with Gasteiger partial charge >= 0.3 is 11.9 Å². The Balaban J connectivity index is 1.09. The van der Waals surface area contributed by atoms with Crippen LogP contribution in [0.2, 0.25) is 5.02 Å². The number of nitrogens with one attached hydrogen (secondary N) is 2. The molecule has 3 aromatic rings. The Morgan fingerprint density at radius 2 is 1.76 bits per heavy atom. The van der Waals surface area contributed by atoms with E-state index in [0.29, 0.717) is 69.7 Å². The first-order valence-corrected chi connectivity index (χ1v) is 23.1. The molecule has 3 N–H and O–H groups in total. The number of esters is 1. The lowest BCUT2D eigenvalue weighted by Gasteiger charge is -2.32. The van der Waals surface area contributed by atoms with E-state index in [4.69, 9.17) is 35.2 Å². The smallest absolute Gasteiger partial charge is 0.310 e. The van der Waals surface area contributed by atoms with Crippen LogP contribution in [0.5, 0.6) is 11.5 Å². The van der Waals surface area contributed by atoms with Gasteiger partial charge in [0.05, 0.1) is 23.0 Å². The van der Waals surface area contributed by atoms with Crippen molar-refractivity contribution in [2.75, 3.05) is 44.6 Å². The van der Waals surface area contributed by atoms with Crippen LogP contribution in [-0.4, -0.2) is 101 Å². The van der Waals surface area contributed by atoms with Gasteiger partial charge in [-0.25, -0.2) is 4.98 Å². The molecule has 2 unspecified atom stereocenters. The minimum atomic E-state index is -1.25. The molecule has 0 spiro atoms. The van der Waals surface area contributed by atoms with Gasteiger partial charge in [-0.05, 0) is 87.7 Å². The van der Waals surface area contributed by atoms with E-state index in [2.05, 4.69) is 27.1 Å². The van der Waals surface area contributed by atoms with Gasteiger partial charge in [-0.1, -0.05) is 38.4 Å². The number of rotatable bonds is 19. The molecule has 9 atom stereocenters. The fourth-order valence-corrected chi connectivity index (χ4v) is 10.5. The van der Waals surface area contributed by atoms with Crippen LogP contribution < -0.4 is 20.1 Å². The summed E-state index contributed by atoms with van der Waals surface area (Å²) in [6.07, 6.45) is 5.61. The van der Waals surface area contributed by atoms with Crippen molar-refractivity contribution in [1.82, 2.24) is 20.2 Å². The van der Waals surface area contributed by atoms with Crippen LogP contribution in [0, 0.1) is 46.3 Å². The van der Waals surface area contributed by atoms with Crippen molar-refractivity contribution in [1.29, 1.82) is 0 Å². The Morgan fingerprint density at radius 1 is 1.03 bits per heavy atom. The quantitative estimate of drug-likeness (QED) is 0.0790. The van der Waals surface area contributed by atoms with Crippen molar-refractivity contribution < 1.29 is 42.9 Å². The molecule has 15 heteroatoms. The number of ether oxygens (including phenoxy) is 3. The summed E-state index contributed by atoms with van der Waals surface area (Å²) >= 11 is 7.11. The van der Waals surface area contributed by atoms with Crippen LogP contribution in [0.1, 0.15) is 86.0 Å². The number of carboxylic acid groups (broad SMARTS) is 1. The van der Waals surface area contributed by atoms with Crippen molar-refractivity contribution in [3.8, 4) is 22.9 Å². The number of carbonyl (C=O) groups is 4. The molecule has 4 aliphatic carbocycles. The third-order valence-corrected chi connectivity index (χ3v) is 14.4. The second kappa shape index (κ2) is 18.2. The van der Waals surface area contributed by atoms with E-state index in [1.165, 1.54) is 12.7 Å². The summed E-state index contributed by atoms with van der Waals surface area (Å²) in [4.78, 5) is 67.4. The SMILES string of the molecule is C=C[C@@H]1C[C@]1(CC(=O)[C@@H]1C[C@@H](Oc2cc(-c3coc(NC(C)C)n3)nc3c(Cl)c(OCCN4CCNCC4)ccc23)CC1C(=O)[C@@H](CC(=O)OC1C[C@@H]2C[C@@H]2C1)C(C)(C)C)C(=O)O. The predicted octanol–water partition coefficient (Wildman–Crippen LogP) is 7.62. The first kappa shape index (κ1) is 45.1. The Labute approximate surface area is 374 Å². The van der Waals surface area contributed by atoms with Crippen LogP contribution in [-0.2, 0) is 23.9 Å². The number of aliphatic carboxylic acids is 1. The second-order valence-electron chi connectivity index (χ2n) is 20.0. The third-order valence-electron chi connectivity index (χ3n) is 14.1. The number of fused-ring (bicyclic) bond motifs is 2. The zero-order valence-corrected chi connectivity index (χ0v) is 37.9. The zero-order valence-electron chi connectivity index (χ0n) is 37.1. The highest BCUT2D eigenvalue weighted by molar-refractivity contribution is 6.36. The molecule has 63 heavy (non-hydrogen) atoms. The number of hydrogen-bond donors (Lipinski definition) is 3. The van der Waals surface area contributed by atoms with Crippen LogP contribution in [0.15, 0.2) is 41.5 Å². The number of hydrogen-bond acceptors (Lipinski definition) is 13. The number of benzene rings is 1. The maximum Gasteiger partial charge on any atom is 0.310 e. The number of carbonyl (C=O) groups excluding carboxylic acids is 3. The van der Waals surface area contributed by atoms with E-state index < -0.39 is 46.6 Å². The van der Waals surface area contributed by atoms with Crippen LogP contribution in [0.25, 0.3) is 22.3 Å². The van der Waals surface area contributed by atoms with Gasteiger partial charge in [0.25, 0.3) is 6.01 Å². The van der Waals surface area contributed by atoms with Crippen molar-refractivity contribution >= 4 is 52.0 Å². The Hall–Kier alpha value is -4.53. The van der Waals surface area contributed by atoms with E-state index in [-0.39, 0.29) is 55.3 Å². The van der Waals surface area contributed by atoms with E-state index in [9.17, 15) is 24.3 Å². The van der Waals surface area contributed by atoms with Gasteiger partial charge < -0.3 is 34.4 Å². The minimum absolute atomic E-state index is 0.0678. The Bertz CT molecular complexity index is 2220. The molecule has 0 amide bonds. The Morgan fingerprint density at radius 3 is 2.43 bits per heavy atom. The molecule has 0 radical (unpaired) electrons. The summed E-state index contributed by atoms with van der Waals surface area (Å²) in [7, 11) is 0. The van der Waals surface area contributed by atoms with Gasteiger partial charge in [-0.2, -0.15) is 4.98 Å². The topological polar surface area (TPSA) is 182 Å². The number of allylic oxidation sites excluding steroid dienone is 1. The molecule has 5 aliphatic rings. The van der Waals surface area contributed by atoms with Gasteiger partial charge in [0, 0.05) is 74.4 Å². The highest BCUT2D eigenvalue weighted by atomic mass is 35.5. The molecule has 1 aliphatic heterocycles. The number of pyridine rings is 1. The van der Waals surface area contributed by atoms with Crippen molar-refractivity contribution in [2.45, 2.75) is 104 Å². The monoisotopic (exact) mass is 887 g/mol. The van der Waals surface area contributed by atoms with E-state index >= 15 is 0 Å². The molecule has 2 aromatic heterocycles. The summed E-state index contributed by atoms with van der Waals surface area (Å²) in [5.74, 6) is -2.55. The molecule has 5 fully saturated rings.